The third kappa shape index (κ3) is 1.68. The van der Waals surface area contributed by atoms with Crippen molar-refractivity contribution in [1.82, 2.24) is 5.32 Å². The zero-order chi connectivity index (χ0) is 10.5. The van der Waals surface area contributed by atoms with Gasteiger partial charge in [0, 0.05) is 0 Å². The van der Waals surface area contributed by atoms with Gasteiger partial charge in [0.15, 0.2) is 0 Å². The number of nitrogens with one attached hydrogen (secondary N) is 1. The maximum Gasteiger partial charge on any atom is 0.320 e. The standard InChI is InChI=1S/C11H17NO2S/c13-10(14)9-5-6-15-11(12-9,7-1-2-7)8-3-4-8/h7-9,12H,1-6H2,(H,13,14). The molecule has 0 aromatic heterocycles. The molecule has 3 fully saturated rings. The van der Waals surface area contributed by atoms with Crippen LogP contribution in [0.1, 0.15) is 32.1 Å². The van der Waals surface area contributed by atoms with E-state index in [2.05, 4.69) is 5.32 Å². The summed E-state index contributed by atoms with van der Waals surface area (Å²) in [6.45, 7) is 0. The molecule has 1 saturated heterocycles. The van der Waals surface area contributed by atoms with Gasteiger partial charge in [-0.3, -0.25) is 10.1 Å². The van der Waals surface area contributed by atoms with Crippen LogP contribution in [0.2, 0.25) is 0 Å². The van der Waals surface area contributed by atoms with Crippen LogP contribution in [0.25, 0.3) is 0 Å². The van der Waals surface area contributed by atoms with Crippen molar-refractivity contribution in [3.05, 3.63) is 0 Å². The summed E-state index contributed by atoms with van der Waals surface area (Å²) in [5.74, 6) is 1.84. The minimum atomic E-state index is -0.666. The lowest BCUT2D eigenvalue weighted by molar-refractivity contribution is -0.140. The van der Waals surface area contributed by atoms with Crippen LogP contribution in [-0.2, 0) is 4.79 Å². The molecule has 0 aromatic rings. The second kappa shape index (κ2) is 3.39. The quantitative estimate of drug-likeness (QED) is 0.770. The van der Waals surface area contributed by atoms with Gasteiger partial charge < -0.3 is 5.11 Å². The van der Waals surface area contributed by atoms with Crippen LogP contribution < -0.4 is 5.32 Å². The zero-order valence-electron chi connectivity index (χ0n) is 8.74. The average Bonchev–Trinajstić information content (AvgIpc) is 3.06. The lowest BCUT2D eigenvalue weighted by Crippen LogP contribution is -2.57. The molecular weight excluding hydrogens is 210 g/mol. The van der Waals surface area contributed by atoms with E-state index in [-0.39, 0.29) is 10.9 Å². The molecule has 1 aliphatic heterocycles. The van der Waals surface area contributed by atoms with E-state index in [4.69, 9.17) is 5.11 Å². The Morgan fingerprint density at radius 2 is 1.80 bits per heavy atom. The topological polar surface area (TPSA) is 49.3 Å². The van der Waals surface area contributed by atoms with Crippen LogP contribution >= 0.6 is 11.8 Å². The Kier molecular flexibility index (Phi) is 2.25. The maximum atomic E-state index is 11.1. The van der Waals surface area contributed by atoms with Crippen molar-refractivity contribution in [3.8, 4) is 0 Å². The molecule has 3 aliphatic rings. The highest BCUT2D eigenvalue weighted by Crippen LogP contribution is 2.58. The molecule has 0 radical (unpaired) electrons. The van der Waals surface area contributed by atoms with Gasteiger partial charge in [-0.15, -0.1) is 11.8 Å². The molecular formula is C11H17NO2S. The Labute approximate surface area is 94.0 Å². The van der Waals surface area contributed by atoms with Gasteiger partial charge in [-0.2, -0.15) is 0 Å². The highest BCUT2D eigenvalue weighted by atomic mass is 32.2. The van der Waals surface area contributed by atoms with E-state index in [0.29, 0.717) is 0 Å². The van der Waals surface area contributed by atoms with Crippen molar-refractivity contribution in [2.75, 3.05) is 5.75 Å². The van der Waals surface area contributed by atoms with Crippen LogP contribution in [0, 0.1) is 11.8 Å². The SMILES string of the molecule is O=C(O)C1CCSC(C2CC2)(C2CC2)N1. The first-order valence-corrected chi connectivity index (χ1v) is 6.85. The normalized spacial score (nSPS) is 35.1. The molecule has 1 heterocycles. The average molecular weight is 227 g/mol. The van der Waals surface area contributed by atoms with Crippen molar-refractivity contribution < 1.29 is 9.90 Å². The summed E-state index contributed by atoms with van der Waals surface area (Å²) in [7, 11) is 0. The first kappa shape index (κ1) is 9.97. The van der Waals surface area contributed by atoms with Crippen molar-refractivity contribution in [3.63, 3.8) is 0 Å². The lowest BCUT2D eigenvalue weighted by atomic mass is 10.0. The van der Waals surface area contributed by atoms with Crippen LogP contribution in [-0.4, -0.2) is 27.7 Å². The molecule has 2 aliphatic carbocycles. The minimum absolute atomic E-state index is 0.140. The molecule has 3 nitrogen and oxygen atoms in total. The fraction of sp³-hybridized carbons (Fsp3) is 0.909. The second-order valence-corrected chi connectivity index (χ2v) is 6.39. The summed E-state index contributed by atoms with van der Waals surface area (Å²) in [6, 6.07) is -0.299. The Hall–Kier alpha value is -0.220. The smallest absolute Gasteiger partial charge is 0.320 e. The Bertz CT molecular complexity index is 274. The third-order valence-electron chi connectivity index (χ3n) is 3.81. The molecule has 2 saturated carbocycles. The van der Waals surface area contributed by atoms with E-state index in [0.717, 1.165) is 24.0 Å². The number of thioether (sulfide) groups is 1. The van der Waals surface area contributed by atoms with E-state index in [1.165, 1.54) is 25.7 Å². The Morgan fingerprint density at radius 1 is 1.20 bits per heavy atom. The summed E-state index contributed by atoms with van der Waals surface area (Å²) in [6.07, 6.45) is 5.96. The summed E-state index contributed by atoms with van der Waals surface area (Å²) in [5.41, 5.74) is 0. The lowest BCUT2D eigenvalue weighted by Gasteiger charge is -2.41. The molecule has 0 amide bonds. The molecule has 3 rings (SSSR count). The molecule has 0 spiro atoms. The monoisotopic (exact) mass is 227 g/mol. The second-order valence-electron chi connectivity index (χ2n) is 5.01. The van der Waals surface area contributed by atoms with E-state index < -0.39 is 5.97 Å². The fourth-order valence-electron chi connectivity index (χ4n) is 2.75. The summed E-state index contributed by atoms with van der Waals surface area (Å²) in [4.78, 5) is 11.2. The van der Waals surface area contributed by atoms with Gasteiger partial charge in [0.05, 0.1) is 4.87 Å². The highest BCUT2D eigenvalue weighted by Gasteiger charge is 2.57. The minimum Gasteiger partial charge on any atom is -0.480 e. The molecule has 2 N–H and O–H groups in total. The number of carbonyl (C=O) groups is 1. The van der Waals surface area contributed by atoms with Crippen LogP contribution in [0.3, 0.4) is 0 Å². The molecule has 84 valence electrons. The van der Waals surface area contributed by atoms with E-state index in [9.17, 15) is 4.79 Å². The molecule has 1 atom stereocenters. The van der Waals surface area contributed by atoms with Crippen molar-refractivity contribution >= 4 is 17.7 Å². The number of rotatable bonds is 3. The molecule has 4 heteroatoms. The molecule has 0 bridgehead atoms. The van der Waals surface area contributed by atoms with Crippen molar-refractivity contribution in [2.24, 2.45) is 11.8 Å². The van der Waals surface area contributed by atoms with Gasteiger partial charge in [0.1, 0.15) is 6.04 Å². The van der Waals surface area contributed by atoms with Gasteiger partial charge in [0.25, 0.3) is 0 Å². The van der Waals surface area contributed by atoms with Gasteiger partial charge in [-0.1, -0.05) is 0 Å². The maximum absolute atomic E-state index is 11.1. The van der Waals surface area contributed by atoms with Gasteiger partial charge in [-0.25, -0.2) is 0 Å². The first-order chi connectivity index (χ1) is 7.22. The third-order valence-corrected chi connectivity index (χ3v) is 5.52. The van der Waals surface area contributed by atoms with E-state index >= 15 is 0 Å². The van der Waals surface area contributed by atoms with E-state index in [1.807, 2.05) is 11.8 Å². The largest absolute Gasteiger partial charge is 0.480 e. The van der Waals surface area contributed by atoms with E-state index in [1.54, 1.807) is 0 Å². The van der Waals surface area contributed by atoms with Crippen molar-refractivity contribution in [1.29, 1.82) is 0 Å². The predicted molar refractivity (Wildman–Crippen MR) is 59.8 cm³/mol. The number of hydrogen-bond acceptors (Lipinski definition) is 3. The van der Waals surface area contributed by atoms with Crippen molar-refractivity contribution in [2.45, 2.75) is 43.0 Å². The molecule has 1 unspecified atom stereocenters. The van der Waals surface area contributed by atoms with Gasteiger partial charge in [0.2, 0.25) is 0 Å². The number of carboxylic acid groups (broad SMARTS) is 1. The number of hydrogen-bond donors (Lipinski definition) is 2. The molecule has 0 aromatic carbocycles. The van der Waals surface area contributed by atoms with Gasteiger partial charge in [-0.05, 0) is 49.7 Å². The van der Waals surface area contributed by atoms with Crippen LogP contribution in [0.5, 0.6) is 0 Å². The van der Waals surface area contributed by atoms with Crippen LogP contribution in [0.4, 0.5) is 0 Å². The summed E-state index contributed by atoms with van der Waals surface area (Å²) < 4.78 is 0. The molecule has 15 heavy (non-hydrogen) atoms. The zero-order valence-corrected chi connectivity index (χ0v) is 9.55. The van der Waals surface area contributed by atoms with Crippen LogP contribution in [0.15, 0.2) is 0 Å². The number of carboxylic acids is 1. The Morgan fingerprint density at radius 3 is 2.27 bits per heavy atom. The first-order valence-electron chi connectivity index (χ1n) is 5.87. The van der Waals surface area contributed by atoms with Gasteiger partial charge >= 0.3 is 5.97 Å². The highest BCUT2D eigenvalue weighted by molar-refractivity contribution is 8.00. The Balaban J connectivity index is 1.79. The number of aliphatic carboxylic acids is 1. The summed E-state index contributed by atoms with van der Waals surface area (Å²) in [5, 5.41) is 12.6. The summed E-state index contributed by atoms with van der Waals surface area (Å²) >= 11 is 2.00. The predicted octanol–water partition coefficient (Wildman–Crippen LogP) is 1.68. The fourth-order valence-corrected chi connectivity index (χ4v) is 4.61.